The number of aliphatic hydroxyl groups excluding tert-OH is 1. The third-order valence-corrected chi connectivity index (χ3v) is 5.49. The van der Waals surface area contributed by atoms with E-state index in [2.05, 4.69) is 20.4 Å². The number of carbonyl (C=O) groups excluding carboxylic acids is 1. The van der Waals surface area contributed by atoms with E-state index in [9.17, 15) is 14.3 Å². The Morgan fingerprint density at radius 3 is 3.09 bits per heavy atom. The Morgan fingerprint density at radius 1 is 1.47 bits per heavy atom. The van der Waals surface area contributed by atoms with Crippen LogP contribution in [0.25, 0.3) is 5.65 Å². The van der Waals surface area contributed by atoms with Gasteiger partial charge in [0.2, 0.25) is 11.5 Å². The second kappa shape index (κ2) is 9.53. The van der Waals surface area contributed by atoms with Crippen molar-refractivity contribution >= 4 is 29.2 Å². The molecule has 3 aromatic heterocycles. The van der Waals surface area contributed by atoms with E-state index in [4.69, 9.17) is 21.1 Å². The van der Waals surface area contributed by atoms with E-state index in [-0.39, 0.29) is 24.2 Å². The monoisotopic (exact) mass is 464 g/mol. The minimum Gasteiger partial charge on any atom is -0.481 e. The molecule has 3 aromatic rings. The van der Waals surface area contributed by atoms with E-state index in [1.54, 1.807) is 12.3 Å². The second-order valence-corrected chi connectivity index (χ2v) is 7.55. The van der Waals surface area contributed by atoms with Crippen LogP contribution in [0.2, 0.25) is 0 Å². The number of nitrogens with zero attached hydrogens (tertiary/aromatic N) is 5. The van der Waals surface area contributed by atoms with Gasteiger partial charge in [0, 0.05) is 24.8 Å². The number of amides is 1. The van der Waals surface area contributed by atoms with Crippen LogP contribution in [-0.2, 0) is 0 Å². The number of aliphatic hydroxyl groups is 1. The molecule has 0 bridgehead atoms. The van der Waals surface area contributed by atoms with E-state index in [0.717, 1.165) is 19.0 Å². The Labute approximate surface area is 187 Å². The largest absolute Gasteiger partial charge is 0.481 e. The molecule has 1 fully saturated rings. The minimum absolute atomic E-state index is 0.00939. The van der Waals surface area contributed by atoms with Crippen molar-refractivity contribution in [3.8, 4) is 11.6 Å². The summed E-state index contributed by atoms with van der Waals surface area (Å²) in [6.07, 6.45) is 4.23. The first kappa shape index (κ1) is 22.0. The first-order chi connectivity index (χ1) is 15.5. The maximum absolute atomic E-state index is 13.9. The van der Waals surface area contributed by atoms with E-state index in [1.165, 1.54) is 23.9 Å². The average molecular weight is 465 g/mol. The van der Waals surface area contributed by atoms with Crippen LogP contribution in [0.5, 0.6) is 11.6 Å². The zero-order valence-corrected chi connectivity index (χ0v) is 18.0. The van der Waals surface area contributed by atoms with Gasteiger partial charge < -0.3 is 24.8 Å². The van der Waals surface area contributed by atoms with Crippen LogP contribution in [-0.4, -0.2) is 63.0 Å². The van der Waals surface area contributed by atoms with E-state index < -0.39 is 18.0 Å². The average Bonchev–Trinajstić information content (AvgIpc) is 3.44. The molecule has 170 valence electrons. The van der Waals surface area contributed by atoms with Crippen LogP contribution in [0.1, 0.15) is 24.4 Å². The fourth-order valence-electron chi connectivity index (χ4n) is 3.68. The highest BCUT2D eigenvalue weighted by Gasteiger charge is 2.31. The number of nitrogens with one attached hydrogen (secondary N) is 1. The van der Waals surface area contributed by atoms with Crippen LogP contribution >= 0.6 is 11.6 Å². The number of ether oxygens (including phenoxy) is 2. The molecule has 2 atom stereocenters. The number of halogens is 2. The van der Waals surface area contributed by atoms with Gasteiger partial charge in [0.25, 0.3) is 0 Å². The number of aromatic nitrogens is 4. The normalized spacial score (nSPS) is 16.9. The number of fused-ring (bicyclic) bond motifs is 1. The van der Waals surface area contributed by atoms with Crippen LogP contribution in [0, 0.1) is 5.82 Å². The second-order valence-electron chi connectivity index (χ2n) is 7.24. The molecule has 0 aromatic carbocycles. The Balaban J connectivity index is 1.59. The summed E-state index contributed by atoms with van der Waals surface area (Å²) >= 11 is 5.52. The zero-order chi connectivity index (χ0) is 22.7. The van der Waals surface area contributed by atoms with Crippen molar-refractivity contribution in [1.29, 1.82) is 0 Å². The molecule has 1 saturated heterocycles. The molecule has 32 heavy (non-hydrogen) atoms. The maximum atomic E-state index is 13.9. The van der Waals surface area contributed by atoms with E-state index >= 15 is 0 Å². The number of anilines is 1. The Bertz CT molecular complexity index is 1110. The van der Waals surface area contributed by atoms with Crippen LogP contribution in [0.4, 0.5) is 15.0 Å². The molecule has 1 amide bonds. The van der Waals surface area contributed by atoms with Crippen LogP contribution in [0.3, 0.4) is 0 Å². The molecular formula is C20H22ClFN6O4. The van der Waals surface area contributed by atoms with Crippen molar-refractivity contribution in [1.82, 2.24) is 24.9 Å². The summed E-state index contributed by atoms with van der Waals surface area (Å²) in [6.45, 7) is 0.661. The molecule has 0 saturated carbocycles. The summed E-state index contributed by atoms with van der Waals surface area (Å²) in [5.41, 5.74) is 0.986. The van der Waals surface area contributed by atoms with Gasteiger partial charge in [0.15, 0.2) is 5.75 Å². The van der Waals surface area contributed by atoms with Crippen LogP contribution in [0.15, 0.2) is 30.7 Å². The minimum atomic E-state index is -0.876. The zero-order valence-electron chi connectivity index (χ0n) is 17.2. The molecule has 0 spiro atoms. The number of alkyl halides is 1. The van der Waals surface area contributed by atoms with Crippen LogP contribution < -0.4 is 19.7 Å². The van der Waals surface area contributed by atoms with Gasteiger partial charge in [0.1, 0.15) is 11.6 Å². The third-order valence-electron chi connectivity index (χ3n) is 5.13. The van der Waals surface area contributed by atoms with E-state index in [1.807, 2.05) is 4.90 Å². The molecule has 1 aliphatic rings. The van der Waals surface area contributed by atoms with Crippen molar-refractivity contribution in [3.63, 3.8) is 0 Å². The van der Waals surface area contributed by atoms with Crippen molar-refractivity contribution in [2.24, 2.45) is 0 Å². The van der Waals surface area contributed by atoms with Gasteiger partial charge >= 0.3 is 6.09 Å². The highest BCUT2D eigenvalue weighted by Crippen LogP contribution is 2.39. The lowest BCUT2D eigenvalue weighted by molar-refractivity contribution is 0.174. The van der Waals surface area contributed by atoms with Crippen molar-refractivity contribution in [3.05, 3.63) is 42.1 Å². The number of rotatable bonds is 7. The predicted octanol–water partition coefficient (Wildman–Crippen LogP) is 2.30. The number of methoxy groups -OCH3 is 1. The van der Waals surface area contributed by atoms with Gasteiger partial charge in [-0.05, 0) is 25.0 Å². The van der Waals surface area contributed by atoms with Crippen molar-refractivity contribution in [2.45, 2.75) is 25.0 Å². The number of pyridine rings is 1. The first-order valence-electron chi connectivity index (χ1n) is 10.00. The quantitative estimate of drug-likeness (QED) is 0.512. The summed E-state index contributed by atoms with van der Waals surface area (Å²) < 4.78 is 26.0. The highest BCUT2D eigenvalue weighted by atomic mass is 35.5. The van der Waals surface area contributed by atoms with Gasteiger partial charge in [-0.15, -0.1) is 11.6 Å². The molecule has 10 nitrogen and oxygen atoms in total. The van der Waals surface area contributed by atoms with Gasteiger partial charge in [-0.2, -0.15) is 5.10 Å². The lowest BCUT2D eigenvalue weighted by Crippen LogP contribution is -2.34. The Kier molecular flexibility index (Phi) is 6.56. The molecule has 0 radical (unpaired) electrons. The number of hydrogen-bond acceptors (Lipinski definition) is 8. The molecule has 0 aliphatic carbocycles. The molecule has 0 unspecified atom stereocenters. The third kappa shape index (κ3) is 4.53. The summed E-state index contributed by atoms with van der Waals surface area (Å²) in [5.74, 6) is 0.700. The lowest BCUT2D eigenvalue weighted by Gasteiger charge is -2.26. The maximum Gasteiger partial charge on any atom is 0.412 e. The molecular weight excluding hydrogens is 443 g/mol. The predicted molar refractivity (Wildman–Crippen MR) is 114 cm³/mol. The Hall–Kier alpha value is -3.18. The smallest absolute Gasteiger partial charge is 0.412 e. The summed E-state index contributed by atoms with van der Waals surface area (Å²) in [6, 6.07) is 3.05. The lowest BCUT2D eigenvalue weighted by atomic mass is 10.1. The van der Waals surface area contributed by atoms with Gasteiger partial charge in [0.05, 0.1) is 37.5 Å². The molecule has 1 aliphatic heterocycles. The number of carbonyl (C=O) groups is 1. The number of hydrogen-bond donors (Lipinski definition) is 2. The standard InChI is InChI=1S/C20H22ClFN6O4/c1-31-19-14(7-12(22)9-23-19)15-3-2-5-27(15)17-4-6-28-18(26-17)16(11-25-28)32-20(30)24-10-13(29)8-21/h4,6-7,9,11,13,15,29H,2-3,5,8,10H2,1H3,(H,24,30)/t13-,15+/m0/s1. The van der Waals surface area contributed by atoms with E-state index in [0.29, 0.717) is 29.5 Å². The Morgan fingerprint density at radius 2 is 2.31 bits per heavy atom. The fourth-order valence-corrected chi connectivity index (χ4v) is 3.79. The highest BCUT2D eigenvalue weighted by molar-refractivity contribution is 6.18. The summed E-state index contributed by atoms with van der Waals surface area (Å²) in [5, 5.41) is 16.0. The first-order valence-corrected chi connectivity index (χ1v) is 10.5. The van der Waals surface area contributed by atoms with Gasteiger partial charge in [-0.1, -0.05) is 0 Å². The summed E-state index contributed by atoms with van der Waals surface area (Å²) in [7, 11) is 1.50. The SMILES string of the molecule is COc1ncc(F)cc1[C@H]1CCCN1c1ccn2ncc(OC(=O)NC[C@@H](O)CCl)c2n1. The van der Waals surface area contributed by atoms with Crippen molar-refractivity contribution < 1.29 is 23.8 Å². The molecule has 12 heteroatoms. The molecule has 2 N–H and O–H groups in total. The van der Waals surface area contributed by atoms with Gasteiger partial charge in [-0.25, -0.2) is 23.7 Å². The topological polar surface area (TPSA) is 114 Å². The molecule has 4 heterocycles. The fraction of sp³-hybridized carbons (Fsp3) is 0.400. The van der Waals surface area contributed by atoms with Gasteiger partial charge in [-0.3, -0.25) is 0 Å². The van der Waals surface area contributed by atoms with Crippen molar-refractivity contribution in [2.75, 3.05) is 31.0 Å². The molecule has 4 rings (SSSR count). The summed E-state index contributed by atoms with van der Waals surface area (Å²) in [4.78, 5) is 22.7.